The summed E-state index contributed by atoms with van der Waals surface area (Å²) in [5.41, 5.74) is -1.17. The number of carbonyl (C=O) groups excluding carboxylic acids is 3. The number of Topliss-reactive ketones (excluding diaryl/α,β-unsaturated/α-hetero) is 1. The van der Waals surface area contributed by atoms with E-state index in [4.69, 9.17) is 9.02 Å². The number of hydrogen-bond acceptors (Lipinski definition) is 8. The molecule has 2 unspecified atom stereocenters. The van der Waals surface area contributed by atoms with Crippen molar-refractivity contribution in [3.63, 3.8) is 0 Å². The van der Waals surface area contributed by atoms with Crippen LogP contribution in [0.25, 0.3) is 10.8 Å². The maximum Gasteiger partial charge on any atom is 0.289 e. The number of amides is 2. The van der Waals surface area contributed by atoms with Gasteiger partial charge in [-0.1, -0.05) is 39.8 Å². The predicted molar refractivity (Wildman–Crippen MR) is 149 cm³/mol. The van der Waals surface area contributed by atoms with Crippen LogP contribution in [0.1, 0.15) is 74.1 Å². The van der Waals surface area contributed by atoms with Crippen LogP contribution in [-0.4, -0.2) is 55.8 Å². The van der Waals surface area contributed by atoms with E-state index in [1.165, 1.54) is 11.8 Å². The molecule has 5 rings (SSSR count). The molecule has 2 aromatic rings. The van der Waals surface area contributed by atoms with Crippen LogP contribution in [0.5, 0.6) is 0 Å². The number of hydroxylamine groups is 2. The molecule has 1 heterocycles. The largest absolute Gasteiger partial charge is 0.381 e. The van der Waals surface area contributed by atoms with Crippen molar-refractivity contribution in [2.75, 3.05) is 24.7 Å². The molecule has 8 nitrogen and oxygen atoms in total. The lowest BCUT2D eigenvalue weighted by Crippen LogP contribution is -2.46. The lowest BCUT2D eigenvalue weighted by molar-refractivity contribution is -0.128. The number of thioether (sulfide) groups is 1. The highest BCUT2D eigenvalue weighted by molar-refractivity contribution is 7.99. The van der Waals surface area contributed by atoms with Crippen LogP contribution in [0.4, 0.5) is 0 Å². The Morgan fingerprint density at radius 3 is 2.49 bits per heavy atom. The van der Waals surface area contributed by atoms with Crippen molar-refractivity contribution in [3.8, 4) is 0 Å². The van der Waals surface area contributed by atoms with E-state index in [0.717, 1.165) is 17.7 Å². The van der Waals surface area contributed by atoms with Gasteiger partial charge in [0.15, 0.2) is 0 Å². The van der Waals surface area contributed by atoms with Gasteiger partial charge < -0.3 is 4.74 Å². The third-order valence-electron chi connectivity index (χ3n) is 8.87. The van der Waals surface area contributed by atoms with Gasteiger partial charge in [0.2, 0.25) is 0 Å². The van der Waals surface area contributed by atoms with Gasteiger partial charge in [0.05, 0.1) is 28.9 Å². The Morgan fingerprint density at radius 1 is 1.08 bits per heavy atom. The van der Waals surface area contributed by atoms with Gasteiger partial charge >= 0.3 is 0 Å². The lowest BCUT2D eigenvalue weighted by Gasteiger charge is -2.36. The minimum Gasteiger partial charge on any atom is -0.381 e. The topological polar surface area (TPSA) is 107 Å². The van der Waals surface area contributed by atoms with Crippen molar-refractivity contribution in [2.24, 2.45) is 22.7 Å². The van der Waals surface area contributed by atoms with Crippen LogP contribution in [0.15, 0.2) is 35.2 Å². The highest BCUT2D eigenvalue weighted by atomic mass is 32.2. The van der Waals surface area contributed by atoms with Crippen LogP contribution >= 0.6 is 11.8 Å². The first kappa shape index (κ1) is 28.3. The first-order valence-electron chi connectivity index (χ1n) is 13.5. The van der Waals surface area contributed by atoms with E-state index in [2.05, 4.69) is 13.8 Å². The van der Waals surface area contributed by atoms with Gasteiger partial charge in [-0.15, -0.1) is 21.1 Å². The Kier molecular flexibility index (Phi) is 7.45. The van der Waals surface area contributed by atoms with Crippen molar-refractivity contribution in [2.45, 2.75) is 58.3 Å². The summed E-state index contributed by atoms with van der Waals surface area (Å²) < 4.78 is 37.6. The Balaban J connectivity index is 1.37. The summed E-state index contributed by atoms with van der Waals surface area (Å²) >= 11 is 1.52. The fourth-order valence-electron chi connectivity index (χ4n) is 6.40. The van der Waals surface area contributed by atoms with Gasteiger partial charge in [-0.3, -0.25) is 14.4 Å². The van der Waals surface area contributed by atoms with Crippen molar-refractivity contribution in [3.05, 3.63) is 41.5 Å². The zero-order valence-electron chi connectivity index (χ0n) is 22.8. The third kappa shape index (κ3) is 4.94. The zero-order valence-corrected chi connectivity index (χ0v) is 24.5. The molecule has 10 heteroatoms. The van der Waals surface area contributed by atoms with E-state index in [1.807, 2.05) is 26.0 Å². The molecule has 0 saturated heterocycles. The van der Waals surface area contributed by atoms with Gasteiger partial charge in [-0.25, -0.2) is 0 Å². The summed E-state index contributed by atoms with van der Waals surface area (Å²) in [7, 11) is -4.45. The molecule has 3 aliphatic rings. The maximum absolute atomic E-state index is 13.5. The van der Waals surface area contributed by atoms with Crippen LogP contribution < -0.4 is 0 Å². The molecule has 2 aliphatic carbocycles. The van der Waals surface area contributed by atoms with Crippen molar-refractivity contribution in [1.82, 2.24) is 5.06 Å². The fraction of sp³-hybridized carbons (Fsp3) is 0.552. The lowest BCUT2D eigenvalue weighted by atomic mass is 9.70. The Morgan fingerprint density at radius 2 is 1.82 bits per heavy atom. The molecule has 0 spiro atoms. The van der Waals surface area contributed by atoms with E-state index in [-0.39, 0.29) is 22.8 Å². The Bertz CT molecular complexity index is 1450. The van der Waals surface area contributed by atoms with Crippen LogP contribution in [0.3, 0.4) is 0 Å². The molecule has 2 atom stereocenters. The van der Waals surface area contributed by atoms with E-state index in [0.29, 0.717) is 53.6 Å². The monoisotopic (exact) mass is 573 g/mol. The first-order valence-corrected chi connectivity index (χ1v) is 16.0. The number of carbonyl (C=O) groups is 3. The van der Waals surface area contributed by atoms with E-state index in [1.54, 1.807) is 18.2 Å². The summed E-state index contributed by atoms with van der Waals surface area (Å²) in [6.07, 6.45) is 2.57. The van der Waals surface area contributed by atoms with Crippen LogP contribution in [-0.2, 0) is 23.9 Å². The van der Waals surface area contributed by atoms with Gasteiger partial charge in [-0.05, 0) is 60.1 Å². The van der Waals surface area contributed by atoms with E-state index < -0.39 is 38.5 Å². The van der Waals surface area contributed by atoms with Gasteiger partial charge in [0.25, 0.3) is 21.9 Å². The zero-order chi connectivity index (χ0) is 28.2. The van der Waals surface area contributed by atoms with Crippen LogP contribution in [0, 0.1) is 22.7 Å². The second kappa shape index (κ2) is 10.3. The van der Waals surface area contributed by atoms with Gasteiger partial charge in [0, 0.05) is 29.1 Å². The molecule has 210 valence electrons. The molecule has 2 bridgehead atoms. The van der Waals surface area contributed by atoms with E-state index >= 15 is 0 Å². The number of imide groups is 1. The SMILES string of the molecule is CC(C)CCOCCSc1cc2c3c(cccc3c1)C(=O)N(OS(=O)(=O)CC13CCC(CC1=O)C3(C)C)C2=O. The molecule has 39 heavy (non-hydrogen) atoms. The van der Waals surface area contributed by atoms with Crippen molar-refractivity contribution < 1.29 is 31.8 Å². The second-order valence-corrected chi connectivity index (χ2v) is 14.6. The average Bonchev–Trinajstić information content (AvgIpc) is 3.21. The summed E-state index contributed by atoms with van der Waals surface area (Å²) in [6, 6.07) is 8.67. The first-order chi connectivity index (χ1) is 18.4. The normalized spacial score (nSPS) is 24.0. The molecule has 2 aromatic carbocycles. The van der Waals surface area contributed by atoms with Gasteiger partial charge in [0.1, 0.15) is 5.78 Å². The molecule has 0 radical (unpaired) electrons. The second-order valence-electron chi connectivity index (χ2n) is 11.9. The fourth-order valence-corrected chi connectivity index (χ4v) is 8.94. The smallest absolute Gasteiger partial charge is 0.289 e. The summed E-state index contributed by atoms with van der Waals surface area (Å²) in [5, 5.41) is 1.55. The Labute approximate surface area is 233 Å². The quantitative estimate of drug-likeness (QED) is 0.204. The van der Waals surface area contributed by atoms with E-state index in [9.17, 15) is 22.8 Å². The van der Waals surface area contributed by atoms with Crippen LogP contribution in [0.2, 0.25) is 0 Å². The molecule has 0 aromatic heterocycles. The number of hydrogen-bond donors (Lipinski definition) is 0. The summed E-state index contributed by atoms with van der Waals surface area (Å²) in [6.45, 7) is 9.39. The Hall–Kier alpha value is -2.27. The third-order valence-corrected chi connectivity index (χ3v) is 11.0. The predicted octanol–water partition coefficient (Wildman–Crippen LogP) is 5.25. The number of ether oxygens (including phenoxy) is 1. The standard InChI is InChI=1S/C29H35NO7S2/c1-18(2)9-11-36-12-13-38-21-14-19-6-5-7-22-25(19)23(16-21)27(33)30(26(22)32)37-39(34,35)17-29-10-8-20(15-24(29)31)28(29,3)4/h5-7,14,16,18,20H,8-13,15,17H2,1-4H3. The number of nitrogens with zero attached hydrogens (tertiary/aromatic N) is 1. The molecule has 2 fully saturated rings. The highest BCUT2D eigenvalue weighted by Gasteiger charge is 2.65. The molecular formula is C29H35NO7S2. The number of benzene rings is 2. The minimum atomic E-state index is -4.45. The number of ketones is 1. The van der Waals surface area contributed by atoms with Crippen molar-refractivity contribution >= 4 is 50.3 Å². The number of fused-ring (bicyclic) bond motifs is 2. The molecular weight excluding hydrogens is 538 g/mol. The van der Waals surface area contributed by atoms with Gasteiger partial charge in [-0.2, -0.15) is 8.42 Å². The molecule has 1 aliphatic heterocycles. The summed E-state index contributed by atoms with van der Waals surface area (Å²) in [5.74, 6) is -0.929. The number of rotatable bonds is 11. The molecule has 2 saturated carbocycles. The summed E-state index contributed by atoms with van der Waals surface area (Å²) in [4.78, 5) is 40.5. The average molecular weight is 574 g/mol. The van der Waals surface area contributed by atoms with Crippen molar-refractivity contribution in [1.29, 1.82) is 0 Å². The maximum atomic E-state index is 13.5. The highest BCUT2D eigenvalue weighted by Crippen LogP contribution is 2.64. The molecule has 2 amide bonds. The molecule has 0 N–H and O–H groups in total. The minimum absolute atomic E-state index is 0.0859.